The van der Waals surface area contributed by atoms with E-state index < -0.39 is 0 Å². The van der Waals surface area contributed by atoms with Crippen molar-refractivity contribution in [3.05, 3.63) is 24.4 Å². The number of carbonyl (C=O) groups excluding carboxylic acids is 1. The van der Waals surface area contributed by atoms with Crippen LogP contribution in [0.5, 0.6) is 0 Å². The SMILES string of the molecule is C=CCNC(=O)CN1CCCC(c2nc(C)no2)C1. The third-order valence-electron chi connectivity index (χ3n) is 3.21. The van der Waals surface area contributed by atoms with Gasteiger partial charge in [0.15, 0.2) is 5.82 Å². The molecule has 0 spiro atoms. The number of rotatable bonds is 5. The molecule has 2 rings (SSSR count). The van der Waals surface area contributed by atoms with Gasteiger partial charge in [0.2, 0.25) is 11.8 Å². The van der Waals surface area contributed by atoms with Gasteiger partial charge < -0.3 is 9.84 Å². The molecule has 1 N–H and O–H groups in total. The average Bonchev–Trinajstić information content (AvgIpc) is 2.83. The van der Waals surface area contributed by atoms with E-state index in [0.717, 1.165) is 25.9 Å². The Morgan fingerprint density at radius 1 is 1.68 bits per heavy atom. The van der Waals surface area contributed by atoms with Gasteiger partial charge in [-0.05, 0) is 26.3 Å². The van der Waals surface area contributed by atoms with Gasteiger partial charge in [-0.2, -0.15) is 4.98 Å². The summed E-state index contributed by atoms with van der Waals surface area (Å²) in [6.07, 6.45) is 3.76. The highest BCUT2D eigenvalue weighted by Crippen LogP contribution is 2.25. The molecule has 6 heteroatoms. The molecular formula is C13H20N4O2. The summed E-state index contributed by atoms with van der Waals surface area (Å²) in [5, 5.41) is 6.61. The van der Waals surface area contributed by atoms with Crippen LogP contribution in [-0.4, -0.2) is 47.1 Å². The zero-order valence-electron chi connectivity index (χ0n) is 11.3. The predicted molar refractivity (Wildman–Crippen MR) is 70.7 cm³/mol. The number of likely N-dealkylation sites (tertiary alicyclic amines) is 1. The number of aromatic nitrogens is 2. The van der Waals surface area contributed by atoms with Crippen molar-refractivity contribution in [1.82, 2.24) is 20.4 Å². The van der Waals surface area contributed by atoms with Gasteiger partial charge in [-0.25, -0.2) is 0 Å². The first-order chi connectivity index (χ1) is 9.19. The van der Waals surface area contributed by atoms with Crippen molar-refractivity contribution in [2.45, 2.75) is 25.7 Å². The lowest BCUT2D eigenvalue weighted by atomic mass is 9.98. The van der Waals surface area contributed by atoms with Crippen LogP contribution in [0.1, 0.15) is 30.5 Å². The van der Waals surface area contributed by atoms with E-state index in [0.29, 0.717) is 24.8 Å². The summed E-state index contributed by atoms with van der Waals surface area (Å²) >= 11 is 0. The summed E-state index contributed by atoms with van der Waals surface area (Å²) < 4.78 is 5.22. The number of carbonyl (C=O) groups is 1. The molecule has 19 heavy (non-hydrogen) atoms. The standard InChI is InChI=1S/C13H20N4O2/c1-3-6-14-12(18)9-17-7-4-5-11(8-17)13-15-10(2)16-19-13/h3,11H,1,4-9H2,2H3,(H,14,18). The number of nitrogens with one attached hydrogen (secondary N) is 1. The maximum absolute atomic E-state index is 11.7. The lowest BCUT2D eigenvalue weighted by molar-refractivity contribution is -0.122. The van der Waals surface area contributed by atoms with Crippen LogP contribution < -0.4 is 5.32 Å². The molecule has 104 valence electrons. The molecule has 1 aliphatic heterocycles. The molecule has 2 heterocycles. The minimum Gasteiger partial charge on any atom is -0.352 e. The van der Waals surface area contributed by atoms with Gasteiger partial charge in [0.05, 0.1) is 12.5 Å². The number of amides is 1. The Morgan fingerprint density at radius 2 is 2.53 bits per heavy atom. The van der Waals surface area contributed by atoms with E-state index in [1.54, 1.807) is 6.08 Å². The van der Waals surface area contributed by atoms with Gasteiger partial charge in [-0.1, -0.05) is 11.2 Å². The van der Waals surface area contributed by atoms with E-state index in [-0.39, 0.29) is 11.8 Å². The molecule has 1 atom stereocenters. The van der Waals surface area contributed by atoms with E-state index >= 15 is 0 Å². The molecule has 1 amide bonds. The Bertz CT molecular complexity index is 444. The second kappa shape index (κ2) is 6.47. The molecule has 1 aliphatic rings. The van der Waals surface area contributed by atoms with Gasteiger partial charge in [0.1, 0.15) is 0 Å². The van der Waals surface area contributed by atoms with Gasteiger partial charge in [-0.3, -0.25) is 9.69 Å². The summed E-state index contributed by atoms with van der Waals surface area (Å²) in [5.74, 6) is 1.62. The van der Waals surface area contributed by atoms with E-state index in [1.165, 1.54) is 0 Å². The highest BCUT2D eigenvalue weighted by molar-refractivity contribution is 5.78. The van der Waals surface area contributed by atoms with Crippen molar-refractivity contribution >= 4 is 5.91 Å². The maximum atomic E-state index is 11.7. The predicted octanol–water partition coefficient (Wildman–Crippen LogP) is 0.860. The number of piperidine rings is 1. The fraction of sp³-hybridized carbons (Fsp3) is 0.615. The average molecular weight is 264 g/mol. The molecule has 6 nitrogen and oxygen atoms in total. The van der Waals surface area contributed by atoms with Crippen LogP contribution in [0.4, 0.5) is 0 Å². The molecule has 1 saturated heterocycles. The first-order valence-corrected chi connectivity index (χ1v) is 6.59. The fourth-order valence-electron chi connectivity index (χ4n) is 2.32. The molecule has 0 aromatic carbocycles. The van der Waals surface area contributed by atoms with Crippen LogP contribution in [0.15, 0.2) is 17.2 Å². The minimum atomic E-state index is 0.0299. The molecule has 0 radical (unpaired) electrons. The quantitative estimate of drug-likeness (QED) is 0.799. The Hall–Kier alpha value is -1.69. The Balaban J connectivity index is 1.86. The molecule has 1 aromatic heterocycles. The van der Waals surface area contributed by atoms with Crippen molar-refractivity contribution in [2.75, 3.05) is 26.2 Å². The first-order valence-electron chi connectivity index (χ1n) is 6.59. The number of hydrogen-bond acceptors (Lipinski definition) is 5. The van der Waals surface area contributed by atoms with Crippen LogP contribution in [-0.2, 0) is 4.79 Å². The topological polar surface area (TPSA) is 71.3 Å². The van der Waals surface area contributed by atoms with Gasteiger partial charge in [-0.15, -0.1) is 6.58 Å². The fourth-order valence-corrected chi connectivity index (χ4v) is 2.32. The van der Waals surface area contributed by atoms with Gasteiger partial charge in [0, 0.05) is 13.1 Å². The lowest BCUT2D eigenvalue weighted by Gasteiger charge is -2.30. The molecule has 1 fully saturated rings. The zero-order valence-corrected chi connectivity index (χ0v) is 11.3. The van der Waals surface area contributed by atoms with Gasteiger partial charge in [0.25, 0.3) is 0 Å². The van der Waals surface area contributed by atoms with Gasteiger partial charge >= 0.3 is 0 Å². The smallest absolute Gasteiger partial charge is 0.234 e. The highest BCUT2D eigenvalue weighted by Gasteiger charge is 2.26. The normalized spacial score (nSPS) is 20.2. The first kappa shape index (κ1) is 13.7. The molecule has 0 saturated carbocycles. The summed E-state index contributed by atoms with van der Waals surface area (Å²) in [5.41, 5.74) is 0. The molecule has 1 unspecified atom stereocenters. The van der Waals surface area contributed by atoms with Crippen LogP contribution in [0, 0.1) is 6.92 Å². The number of nitrogens with zero attached hydrogens (tertiary/aromatic N) is 3. The monoisotopic (exact) mass is 264 g/mol. The minimum absolute atomic E-state index is 0.0299. The Labute approximate surface area is 112 Å². The van der Waals surface area contributed by atoms with Crippen molar-refractivity contribution < 1.29 is 9.32 Å². The van der Waals surface area contributed by atoms with Crippen molar-refractivity contribution in [2.24, 2.45) is 0 Å². The van der Waals surface area contributed by atoms with Crippen molar-refractivity contribution in [1.29, 1.82) is 0 Å². The molecule has 0 bridgehead atoms. The van der Waals surface area contributed by atoms with E-state index in [4.69, 9.17) is 4.52 Å². The van der Waals surface area contributed by atoms with Crippen LogP contribution in [0.2, 0.25) is 0 Å². The third kappa shape index (κ3) is 3.89. The van der Waals surface area contributed by atoms with Crippen LogP contribution >= 0.6 is 0 Å². The van der Waals surface area contributed by atoms with E-state index in [2.05, 4.69) is 26.9 Å². The molecule has 0 aliphatic carbocycles. The summed E-state index contributed by atoms with van der Waals surface area (Å²) in [6.45, 7) is 8.05. The Morgan fingerprint density at radius 3 is 3.21 bits per heavy atom. The molecule has 1 aromatic rings. The highest BCUT2D eigenvalue weighted by atomic mass is 16.5. The maximum Gasteiger partial charge on any atom is 0.234 e. The lowest BCUT2D eigenvalue weighted by Crippen LogP contribution is -2.42. The number of aryl methyl sites for hydroxylation is 1. The van der Waals surface area contributed by atoms with E-state index in [9.17, 15) is 4.79 Å². The van der Waals surface area contributed by atoms with Crippen molar-refractivity contribution in [3.8, 4) is 0 Å². The van der Waals surface area contributed by atoms with Crippen LogP contribution in [0.25, 0.3) is 0 Å². The van der Waals surface area contributed by atoms with Crippen LogP contribution in [0.3, 0.4) is 0 Å². The summed E-state index contributed by atoms with van der Waals surface area (Å²) in [7, 11) is 0. The van der Waals surface area contributed by atoms with E-state index in [1.807, 2.05) is 6.92 Å². The summed E-state index contributed by atoms with van der Waals surface area (Å²) in [6, 6.07) is 0. The Kier molecular flexibility index (Phi) is 4.68. The second-order valence-corrected chi connectivity index (χ2v) is 4.85. The summed E-state index contributed by atoms with van der Waals surface area (Å²) in [4.78, 5) is 18.1. The van der Waals surface area contributed by atoms with Crippen molar-refractivity contribution in [3.63, 3.8) is 0 Å². The second-order valence-electron chi connectivity index (χ2n) is 4.85. The molecular weight excluding hydrogens is 244 g/mol. The zero-order chi connectivity index (χ0) is 13.7. The number of hydrogen-bond donors (Lipinski definition) is 1. The third-order valence-corrected chi connectivity index (χ3v) is 3.21. The largest absolute Gasteiger partial charge is 0.352 e.